The zero-order valence-corrected chi connectivity index (χ0v) is 15.8. The maximum absolute atomic E-state index is 13.4. The van der Waals surface area contributed by atoms with Gasteiger partial charge in [0.1, 0.15) is 6.17 Å². The number of hydrogen-bond acceptors (Lipinski definition) is 3. The summed E-state index contributed by atoms with van der Waals surface area (Å²) in [6.07, 6.45) is -0.351. The minimum atomic E-state index is -0.351. The van der Waals surface area contributed by atoms with Gasteiger partial charge in [0.25, 0.3) is 5.91 Å². The van der Waals surface area contributed by atoms with Crippen LogP contribution in [0.3, 0.4) is 0 Å². The Labute approximate surface area is 164 Å². The van der Waals surface area contributed by atoms with Gasteiger partial charge in [-0.15, -0.1) is 0 Å². The molecule has 0 aliphatic carbocycles. The van der Waals surface area contributed by atoms with Crippen LogP contribution < -0.4 is 15.5 Å². The van der Waals surface area contributed by atoms with Gasteiger partial charge in [0.15, 0.2) is 0 Å². The van der Waals surface area contributed by atoms with E-state index in [1.54, 1.807) is 4.90 Å². The summed E-state index contributed by atoms with van der Waals surface area (Å²) < 4.78 is 0. The number of rotatable bonds is 3. The molecule has 0 bridgehead atoms. The third kappa shape index (κ3) is 3.34. The Morgan fingerprint density at radius 2 is 1.75 bits per heavy atom. The third-order valence-corrected chi connectivity index (χ3v) is 4.75. The van der Waals surface area contributed by atoms with E-state index in [2.05, 4.69) is 10.6 Å². The van der Waals surface area contributed by atoms with Crippen molar-refractivity contribution in [3.05, 3.63) is 89.5 Å². The van der Waals surface area contributed by atoms with Gasteiger partial charge in [0.05, 0.1) is 5.56 Å². The number of carbonyl (C=O) groups is 2. The minimum Gasteiger partial charge on any atom is -0.360 e. The highest BCUT2D eigenvalue weighted by Gasteiger charge is 2.33. The standard InChI is InChI=1S/C23H21N3O2/c1-15-6-5-7-19(14-15)26-22(17-10-12-18(13-11-17)24-16(2)27)25-21-9-4-3-8-20(21)23(26)28/h3-14,22,25H,1-2H3,(H,24,27)/t22-/m0/s1. The van der Waals surface area contributed by atoms with Crippen LogP contribution in [0.2, 0.25) is 0 Å². The molecule has 0 fully saturated rings. The zero-order chi connectivity index (χ0) is 19.7. The van der Waals surface area contributed by atoms with E-state index in [0.29, 0.717) is 5.56 Å². The Bertz CT molecular complexity index is 1040. The van der Waals surface area contributed by atoms with Gasteiger partial charge in [-0.2, -0.15) is 0 Å². The van der Waals surface area contributed by atoms with Crippen LogP contribution in [0.15, 0.2) is 72.8 Å². The van der Waals surface area contributed by atoms with Crippen molar-refractivity contribution in [1.82, 2.24) is 0 Å². The number of amides is 2. The van der Waals surface area contributed by atoms with Crippen LogP contribution in [0.5, 0.6) is 0 Å². The fraction of sp³-hybridized carbons (Fsp3) is 0.130. The van der Waals surface area contributed by atoms with Gasteiger partial charge in [-0.25, -0.2) is 0 Å². The summed E-state index contributed by atoms with van der Waals surface area (Å²) >= 11 is 0. The first-order valence-corrected chi connectivity index (χ1v) is 9.16. The Balaban J connectivity index is 1.78. The second-order valence-electron chi connectivity index (χ2n) is 6.91. The smallest absolute Gasteiger partial charge is 0.262 e. The fourth-order valence-electron chi connectivity index (χ4n) is 3.48. The molecular formula is C23H21N3O2. The minimum absolute atomic E-state index is 0.0455. The molecule has 0 saturated heterocycles. The van der Waals surface area contributed by atoms with Gasteiger partial charge in [-0.3, -0.25) is 14.5 Å². The molecule has 3 aromatic carbocycles. The van der Waals surface area contributed by atoms with E-state index in [1.165, 1.54) is 6.92 Å². The van der Waals surface area contributed by atoms with Crippen LogP contribution in [0.1, 0.15) is 34.6 Å². The van der Waals surface area contributed by atoms with E-state index in [0.717, 1.165) is 28.2 Å². The van der Waals surface area contributed by atoms with E-state index < -0.39 is 0 Å². The summed E-state index contributed by atoms with van der Waals surface area (Å²) in [5.41, 5.74) is 5.04. The molecule has 28 heavy (non-hydrogen) atoms. The summed E-state index contributed by atoms with van der Waals surface area (Å²) in [7, 11) is 0. The van der Waals surface area contributed by atoms with Crippen molar-refractivity contribution in [3.63, 3.8) is 0 Å². The number of nitrogens with zero attached hydrogens (tertiary/aromatic N) is 1. The van der Waals surface area contributed by atoms with Crippen LogP contribution in [0.4, 0.5) is 17.1 Å². The number of anilines is 3. The lowest BCUT2D eigenvalue weighted by atomic mass is 10.0. The van der Waals surface area contributed by atoms with Gasteiger partial charge in [0.2, 0.25) is 5.91 Å². The zero-order valence-electron chi connectivity index (χ0n) is 15.8. The molecule has 3 aromatic rings. The van der Waals surface area contributed by atoms with E-state index in [4.69, 9.17) is 0 Å². The molecule has 0 unspecified atom stereocenters. The number of aryl methyl sites for hydroxylation is 1. The highest BCUT2D eigenvalue weighted by molar-refractivity contribution is 6.12. The molecule has 5 heteroatoms. The first-order chi connectivity index (χ1) is 13.5. The first-order valence-electron chi connectivity index (χ1n) is 9.16. The fourth-order valence-corrected chi connectivity index (χ4v) is 3.48. The second-order valence-corrected chi connectivity index (χ2v) is 6.91. The second kappa shape index (κ2) is 7.19. The summed E-state index contributed by atoms with van der Waals surface area (Å²) in [6.45, 7) is 3.49. The quantitative estimate of drug-likeness (QED) is 0.700. The predicted molar refractivity (Wildman–Crippen MR) is 112 cm³/mol. The van der Waals surface area contributed by atoms with Crippen LogP contribution in [0.25, 0.3) is 0 Å². The number of hydrogen-bond donors (Lipinski definition) is 2. The van der Waals surface area contributed by atoms with Crippen LogP contribution in [0, 0.1) is 6.92 Å². The van der Waals surface area contributed by atoms with Gasteiger partial charge < -0.3 is 10.6 Å². The number of nitrogens with one attached hydrogen (secondary N) is 2. The third-order valence-electron chi connectivity index (χ3n) is 4.75. The van der Waals surface area contributed by atoms with E-state index in [1.807, 2.05) is 79.7 Å². The average molecular weight is 371 g/mol. The molecule has 1 aliphatic rings. The first kappa shape index (κ1) is 17.8. The molecule has 1 aliphatic heterocycles. The summed E-state index contributed by atoms with van der Waals surface area (Å²) in [4.78, 5) is 26.4. The molecule has 0 saturated carbocycles. The van der Waals surface area contributed by atoms with Gasteiger partial charge in [0, 0.05) is 24.0 Å². The molecule has 0 aromatic heterocycles. The number of benzene rings is 3. The average Bonchev–Trinajstić information content (AvgIpc) is 2.68. The molecule has 0 spiro atoms. The Morgan fingerprint density at radius 1 is 1.00 bits per heavy atom. The highest BCUT2D eigenvalue weighted by atomic mass is 16.2. The lowest BCUT2D eigenvalue weighted by Gasteiger charge is -2.38. The summed E-state index contributed by atoms with van der Waals surface area (Å²) in [5, 5.41) is 6.26. The molecular weight excluding hydrogens is 350 g/mol. The van der Waals surface area contributed by atoms with Crippen molar-refractivity contribution >= 4 is 28.9 Å². The molecule has 0 radical (unpaired) electrons. The number of carbonyl (C=O) groups excluding carboxylic acids is 2. The van der Waals surface area contributed by atoms with Crippen molar-refractivity contribution in [1.29, 1.82) is 0 Å². The van der Waals surface area contributed by atoms with Crippen LogP contribution >= 0.6 is 0 Å². The van der Waals surface area contributed by atoms with Crippen molar-refractivity contribution in [2.75, 3.05) is 15.5 Å². The Hall–Kier alpha value is -3.60. The van der Waals surface area contributed by atoms with Crippen molar-refractivity contribution in [2.45, 2.75) is 20.0 Å². The Kier molecular flexibility index (Phi) is 4.57. The summed E-state index contributed by atoms with van der Waals surface area (Å²) in [5.74, 6) is -0.162. The van der Waals surface area contributed by atoms with Gasteiger partial charge in [-0.05, 0) is 54.4 Å². The Morgan fingerprint density at radius 3 is 2.46 bits per heavy atom. The normalized spacial score (nSPS) is 15.6. The molecule has 1 heterocycles. The molecule has 1 atom stereocenters. The van der Waals surface area contributed by atoms with Crippen molar-refractivity contribution in [3.8, 4) is 0 Å². The highest BCUT2D eigenvalue weighted by Crippen LogP contribution is 2.37. The number of fused-ring (bicyclic) bond motifs is 1. The van der Waals surface area contributed by atoms with E-state index >= 15 is 0 Å². The monoisotopic (exact) mass is 371 g/mol. The molecule has 4 rings (SSSR count). The molecule has 2 amide bonds. The molecule has 2 N–H and O–H groups in total. The van der Waals surface area contributed by atoms with E-state index in [-0.39, 0.29) is 18.0 Å². The summed E-state index contributed by atoms with van der Waals surface area (Å²) in [6, 6.07) is 23.0. The molecule has 5 nitrogen and oxygen atoms in total. The van der Waals surface area contributed by atoms with Gasteiger partial charge >= 0.3 is 0 Å². The topological polar surface area (TPSA) is 61.4 Å². The SMILES string of the molecule is CC(=O)Nc1ccc([C@H]2Nc3ccccc3C(=O)N2c2cccc(C)c2)cc1. The van der Waals surface area contributed by atoms with Crippen molar-refractivity contribution in [2.24, 2.45) is 0 Å². The van der Waals surface area contributed by atoms with Crippen LogP contribution in [-0.4, -0.2) is 11.8 Å². The number of para-hydroxylation sites is 1. The van der Waals surface area contributed by atoms with Crippen LogP contribution in [-0.2, 0) is 4.79 Å². The largest absolute Gasteiger partial charge is 0.360 e. The maximum atomic E-state index is 13.4. The predicted octanol–water partition coefficient (Wildman–Crippen LogP) is 4.72. The van der Waals surface area contributed by atoms with Crippen molar-refractivity contribution < 1.29 is 9.59 Å². The lowest BCUT2D eigenvalue weighted by molar-refractivity contribution is -0.114. The van der Waals surface area contributed by atoms with Gasteiger partial charge in [-0.1, -0.05) is 36.4 Å². The maximum Gasteiger partial charge on any atom is 0.262 e. The lowest BCUT2D eigenvalue weighted by Crippen LogP contribution is -2.43. The molecule has 140 valence electrons. The van der Waals surface area contributed by atoms with E-state index in [9.17, 15) is 9.59 Å².